The van der Waals surface area contributed by atoms with Gasteiger partial charge in [0.1, 0.15) is 17.1 Å². The maximum atomic E-state index is 12.2. The second kappa shape index (κ2) is 5.88. The maximum absolute atomic E-state index is 12.2. The van der Waals surface area contributed by atoms with Gasteiger partial charge in [-0.1, -0.05) is 13.3 Å². The highest BCUT2D eigenvalue weighted by Crippen LogP contribution is 2.51. The number of aliphatic hydroxyl groups excluding tert-OH is 1. The molecule has 0 spiro atoms. The van der Waals surface area contributed by atoms with Crippen LogP contribution in [-0.2, 0) is 6.42 Å². The molecule has 26 heavy (non-hydrogen) atoms. The van der Waals surface area contributed by atoms with E-state index in [9.17, 15) is 9.90 Å². The van der Waals surface area contributed by atoms with Crippen molar-refractivity contribution < 1.29 is 19.0 Å². The minimum absolute atomic E-state index is 0.132. The lowest BCUT2D eigenvalue weighted by Gasteiger charge is -2.34. The van der Waals surface area contributed by atoms with Crippen molar-refractivity contribution in [1.82, 2.24) is 0 Å². The molecule has 0 saturated heterocycles. The van der Waals surface area contributed by atoms with E-state index in [1.807, 2.05) is 32.9 Å². The number of aliphatic hydroxyl groups is 1. The van der Waals surface area contributed by atoms with E-state index in [1.54, 1.807) is 0 Å². The molecule has 0 radical (unpaired) electrons. The highest BCUT2D eigenvalue weighted by atomic mass is 16.5. The van der Waals surface area contributed by atoms with Gasteiger partial charge < -0.3 is 19.0 Å². The van der Waals surface area contributed by atoms with Crippen LogP contribution in [0.2, 0.25) is 0 Å². The fraction of sp³-hybridized carbons (Fsp3) is 0.476. The smallest absolute Gasteiger partial charge is 0.336 e. The molecule has 1 aromatic carbocycles. The number of ether oxygens (including phenoxy) is 2. The molecule has 2 aromatic rings. The fourth-order valence-corrected chi connectivity index (χ4v) is 3.88. The average Bonchev–Trinajstić information content (AvgIpc) is 2.52. The second-order valence-corrected chi connectivity index (χ2v) is 7.75. The maximum Gasteiger partial charge on any atom is 0.336 e. The first-order chi connectivity index (χ1) is 12.3. The van der Waals surface area contributed by atoms with Crippen molar-refractivity contribution in [2.45, 2.75) is 64.8 Å². The van der Waals surface area contributed by atoms with E-state index in [4.69, 9.17) is 13.9 Å². The number of hydrogen-bond acceptors (Lipinski definition) is 5. The van der Waals surface area contributed by atoms with Gasteiger partial charge in [-0.05, 0) is 44.9 Å². The predicted molar refractivity (Wildman–Crippen MR) is 99.9 cm³/mol. The van der Waals surface area contributed by atoms with Gasteiger partial charge in [-0.25, -0.2) is 4.79 Å². The first kappa shape index (κ1) is 17.2. The summed E-state index contributed by atoms with van der Waals surface area (Å²) in [6.07, 6.45) is 5.17. The van der Waals surface area contributed by atoms with Crippen LogP contribution in [0.5, 0.6) is 11.5 Å². The molecule has 0 saturated carbocycles. The normalized spacial score (nSPS) is 23.1. The molecule has 2 atom stereocenters. The molecule has 2 aliphatic heterocycles. The summed E-state index contributed by atoms with van der Waals surface area (Å²) in [4.78, 5) is 12.2. The Bertz CT molecular complexity index is 967. The first-order valence-corrected chi connectivity index (χ1v) is 9.20. The lowest BCUT2D eigenvalue weighted by Crippen LogP contribution is -2.30. The molecule has 2 aliphatic rings. The number of aryl methyl sites for hydroxylation is 1. The molecule has 1 N–H and O–H groups in total. The Morgan fingerprint density at radius 1 is 1.31 bits per heavy atom. The van der Waals surface area contributed by atoms with Gasteiger partial charge in [-0.2, -0.15) is 0 Å². The number of fused-ring (bicyclic) bond motifs is 6. The number of hydrogen-bond donors (Lipinski definition) is 1. The first-order valence-electron chi connectivity index (χ1n) is 9.20. The van der Waals surface area contributed by atoms with E-state index in [0.29, 0.717) is 29.1 Å². The SMILES string of the molecule is CCCc1cc(=O)oc2c3c(c4c(c12)OC(C)(C)C=C4)O[C@@H](C)C[C@H]3O. The summed E-state index contributed by atoms with van der Waals surface area (Å²) in [6.45, 7) is 7.95. The van der Waals surface area contributed by atoms with Crippen LogP contribution in [0.4, 0.5) is 0 Å². The summed E-state index contributed by atoms with van der Waals surface area (Å²) >= 11 is 0. The van der Waals surface area contributed by atoms with Crippen molar-refractivity contribution in [3.8, 4) is 11.5 Å². The fourth-order valence-electron chi connectivity index (χ4n) is 3.88. The van der Waals surface area contributed by atoms with Crippen LogP contribution >= 0.6 is 0 Å². The highest BCUT2D eigenvalue weighted by molar-refractivity contribution is 5.97. The summed E-state index contributed by atoms with van der Waals surface area (Å²) < 4.78 is 17.9. The average molecular weight is 356 g/mol. The predicted octanol–water partition coefficient (Wildman–Crippen LogP) is 4.13. The summed E-state index contributed by atoms with van der Waals surface area (Å²) in [6, 6.07) is 1.53. The Labute approximate surface area is 152 Å². The molecule has 3 heterocycles. The minimum atomic E-state index is -0.745. The van der Waals surface area contributed by atoms with E-state index in [-0.39, 0.29) is 6.10 Å². The summed E-state index contributed by atoms with van der Waals surface area (Å²) in [5.41, 5.74) is 1.74. The molecule has 5 nitrogen and oxygen atoms in total. The third kappa shape index (κ3) is 2.62. The van der Waals surface area contributed by atoms with E-state index >= 15 is 0 Å². The van der Waals surface area contributed by atoms with Gasteiger partial charge >= 0.3 is 5.63 Å². The molecule has 0 unspecified atom stereocenters. The largest absolute Gasteiger partial charge is 0.489 e. The zero-order valence-corrected chi connectivity index (χ0v) is 15.6. The van der Waals surface area contributed by atoms with Gasteiger partial charge in [0, 0.05) is 12.5 Å². The van der Waals surface area contributed by atoms with E-state index in [0.717, 1.165) is 29.4 Å². The Hall–Kier alpha value is -2.27. The lowest BCUT2D eigenvalue weighted by molar-refractivity contribution is 0.0741. The van der Waals surface area contributed by atoms with Crippen LogP contribution in [0.25, 0.3) is 17.0 Å². The van der Waals surface area contributed by atoms with Gasteiger partial charge in [0.2, 0.25) is 0 Å². The zero-order chi connectivity index (χ0) is 18.6. The van der Waals surface area contributed by atoms with Crippen molar-refractivity contribution >= 4 is 17.0 Å². The molecule has 0 bridgehead atoms. The number of benzene rings is 1. The van der Waals surface area contributed by atoms with Gasteiger partial charge in [0.05, 0.1) is 28.7 Å². The summed E-state index contributed by atoms with van der Waals surface area (Å²) in [5.74, 6) is 1.22. The van der Waals surface area contributed by atoms with Crippen LogP contribution in [0, 0.1) is 0 Å². The number of rotatable bonds is 2. The standard InChI is InChI=1S/C21H24O5/c1-5-6-12-10-15(23)25-20-16(12)19-13(7-8-21(3,4)26-19)18-17(20)14(22)9-11(2)24-18/h7-8,10-11,14,22H,5-6,9H2,1-4H3/t11-,14+/m0/s1. The quantitative estimate of drug-likeness (QED) is 0.819. The second-order valence-electron chi connectivity index (χ2n) is 7.75. The highest BCUT2D eigenvalue weighted by Gasteiger charge is 2.36. The van der Waals surface area contributed by atoms with E-state index < -0.39 is 17.3 Å². The van der Waals surface area contributed by atoms with Gasteiger partial charge in [0.25, 0.3) is 0 Å². The van der Waals surface area contributed by atoms with Crippen molar-refractivity contribution in [3.63, 3.8) is 0 Å². The summed E-state index contributed by atoms with van der Waals surface area (Å²) in [5, 5.41) is 11.5. The molecular weight excluding hydrogens is 332 g/mol. The lowest BCUT2D eigenvalue weighted by atomic mass is 9.89. The van der Waals surface area contributed by atoms with Crippen molar-refractivity contribution in [3.05, 3.63) is 39.3 Å². The van der Waals surface area contributed by atoms with Crippen LogP contribution in [0.3, 0.4) is 0 Å². The van der Waals surface area contributed by atoms with Gasteiger partial charge in [-0.15, -0.1) is 0 Å². The Morgan fingerprint density at radius 2 is 2.08 bits per heavy atom. The Kier molecular flexibility index (Phi) is 3.88. The van der Waals surface area contributed by atoms with Crippen molar-refractivity contribution in [1.29, 1.82) is 0 Å². The minimum Gasteiger partial charge on any atom is -0.489 e. The summed E-state index contributed by atoms with van der Waals surface area (Å²) in [7, 11) is 0. The third-order valence-corrected chi connectivity index (χ3v) is 4.99. The van der Waals surface area contributed by atoms with Gasteiger partial charge in [-0.3, -0.25) is 0 Å². The molecule has 1 aromatic heterocycles. The van der Waals surface area contributed by atoms with Crippen LogP contribution in [0.15, 0.2) is 21.4 Å². The van der Waals surface area contributed by atoms with Crippen LogP contribution in [0.1, 0.15) is 63.3 Å². The van der Waals surface area contributed by atoms with Crippen LogP contribution in [-0.4, -0.2) is 16.8 Å². The van der Waals surface area contributed by atoms with Crippen molar-refractivity contribution in [2.24, 2.45) is 0 Å². The van der Waals surface area contributed by atoms with Crippen LogP contribution < -0.4 is 15.1 Å². The molecule has 4 rings (SSSR count). The molecular formula is C21H24O5. The molecule has 0 amide bonds. The third-order valence-electron chi connectivity index (χ3n) is 4.99. The van der Waals surface area contributed by atoms with E-state index in [2.05, 4.69) is 6.92 Å². The molecule has 0 fully saturated rings. The Balaban J connectivity index is 2.16. The zero-order valence-electron chi connectivity index (χ0n) is 15.6. The van der Waals surface area contributed by atoms with Crippen molar-refractivity contribution in [2.75, 3.05) is 0 Å². The molecule has 5 heteroatoms. The van der Waals surface area contributed by atoms with E-state index in [1.165, 1.54) is 6.07 Å². The topological polar surface area (TPSA) is 68.9 Å². The monoisotopic (exact) mass is 356 g/mol. The van der Waals surface area contributed by atoms with Gasteiger partial charge in [0.15, 0.2) is 5.58 Å². The molecule has 0 aliphatic carbocycles. The molecule has 138 valence electrons. The Morgan fingerprint density at radius 3 is 2.81 bits per heavy atom.